The van der Waals surface area contributed by atoms with Crippen molar-refractivity contribution < 1.29 is 33.3 Å². The predicted octanol–water partition coefficient (Wildman–Crippen LogP) is -0.212. The number of anilines is 1. The number of hydrogen-bond donors (Lipinski definition) is 2. The first-order valence-corrected chi connectivity index (χ1v) is 9.44. The lowest BCUT2D eigenvalue weighted by Crippen LogP contribution is -2.40. The third-order valence-electron chi connectivity index (χ3n) is 4.12. The highest BCUT2D eigenvalue weighted by Gasteiger charge is 2.51. The van der Waals surface area contributed by atoms with Gasteiger partial charge in [0, 0.05) is 20.8 Å². The van der Waals surface area contributed by atoms with E-state index in [4.69, 9.17) is 24.7 Å². The average Bonchev–Trinajstić information content (AvgIpc) is 3.10. The Morgan fingerprint density at radius 3 is 2.37 bits per heavy atom. The van der Waals surface area contributed by atoms with E-state index in [1.807, 2.05) is 0 Å². The Hall–Kier alpha value is -3.00. The van der Waals surface area contributed by atoms with Crippen molar-refractivity contribution in [2.45, 2.75) is 45.3 Å². The van der Waals surface area contributed by atoms with E-state index in [0.717, 1.165) is 0 Å². The van der Waals surface area contributed by atoms with E-state index in [-0.39, 0.29) is 28.5 Å². The average molecular weight is 488 g/mol. The Morgan fingerprint density at radius 1 is 1.13 bits per heavy atom. The number of aromatic amines is 1. The molecule has 30 heavy (non-hydrogen) atoms. The third-order valence-corrected chi connectivity index (χ3v) is 4.68. The van der Waals surface area contributed by atoms with Gasteiger partial charge in [0.1, 0.15) is 12.7 Å². The van der Waals surface area contributed by atoms with Crippen LogP contribution in [0.2, 0.25) is 0 Å². The van der Waals surface area contributed by atoms with Crippen LogP contribution in [-0.2, 0) is 33.3 Å². The zero-order valence-corrected chi connectivity index (χ0v) is 17.7. The number of aromatic nitrogens is 4. The Morgan fingerprint density at radius 2 is 1.77 bits per heavy atom. The Bertz CT molecular complexity index is 1070. The van der Waals surface area contributed by atoms with Crippen LogP contribution in [0.25, 0.3) is 11.2 Å². The van der Waals surface area contributed by atoms with Gasteiger partial charge in [-0.15, -0.1) is 0 Å². The van der Waals surface area contributed by atoms with Crippen LogP contribution in [0.5, 0.6) is 0 Å². The highest BCUT2D eigenvalue weighted by molar-refractivity contribution is 9.10. The predicted molar refractivity (Wildman–Crippen MR) is 102 cm³/mol. The maximum absolute atomic E-state index is 12.2. The van der Waals surface area contributed by atoms with Gasteiger partial charge in [0.2, 0.25) is 5.95 Å². The molecule has 4 atom stereocenters. The van der Waals surface area contributed by atoms with Crippen LogP contribution in [-0.4, -0.2) is 62.3 Å². The largest absolute Gasteiger partial charge is 0.463 e. The molecule has 1 saturated heterocycles. The number of rotatable bonds is 5. The summed E-state index contributed by atoms with van der Waals surface area (Å²) in [6.07, 6.45) is -4.38. The van der Waals surface area contributed by atoms with Crippen LogP contribution in [0.3, 0.4) is 0 Å². The van der Waals surface area contributed by atoms with Gasteiger partial charge in [-0.3, -0.25) is 28.7 Å². The van der Waals surface area contributed by atoms with Gasteiger partial charge in [0.25, 0.3) is 5.56 Å². The van der Waals surface area contributed by atoms with Gasteiger partial charge in [-0.25, -0.2) is 4.98 Å². The van der Waals surface area contributed by atoms with Gasteiger partial charge in [-0.1, -0.05) is 0 Å². The van der Waals surface area contributed by atoms with Crippen molar-refractivity contribution in [3.05, 3.63) is 15.1 Å². The zero-order valence-electron chi connectivity index (χ0n) is 16.1. The van der Waals surface area contributed by atoms with Crippen molar-refractivity contribution in [1.82, 2.24) is 19.5 Å². The number of hydrogen-bond acceptors (Lipinski definition) is 11. The lowest BCUT2D eigenvalue weighted by atomic mass is 10.1. The second kappa shape index (κ2) is 8.39. The van der Waals surface area contributed by atoms with Crippen molar-refractivity contribution in [2.75, 3.05) is 12.3 Å². The molecule has 0 amide bonds. The SMILES string of the molecule is CC(=O)OC[C@H]1O[C@@H](n2c(Br)nc3c(=O)[nH]c(N)nc32)[C@H](OC(C)=O)[C@@H]1OC(C)=O. The molecule has 3 N–H and O–H groups in total. The molecule has 1 fully saturated rings. The van der Waals surface area contributed by atoms with Crippen LogP contribution in [0.1, 0.15) is 27.0 Å². The molecule has 13 nitrogen and oxygen atoms in total. The van der Waals surface area contributed by atoms with Gasteiger partial charge < -0.3 is 24.7 Å². The monoisotopic (exact) mass is 487 g/mol. The van der Waals surface area contributed by atoms with Crippen molar-refractivity contribution in [2.24, 2.45) is 0 Å². The molecule has 3 heterocycles. The summed E-state index contributed by atoms with van der Waals surface area (Å²) in [4.78, 5) is 57.3. The number of esters is 3. The number of ether oxygens (including phenoxy) is 4. The number of halogens is 1. The van der Waals surface area contributed by atoms with Crippen LogP contribution >= 0.6 is 15.9 Å². The van der Waals surface area contributed by atoms with Crippen LogP contribution < -0.4 is 11.3 Å². The first kappa shape index (κ1) is 21.7. The highest BCUT2D eigenvalue weighted by atomic mass is 79.9. The van der Waals surface area contributed by atoms with Crippen LogP contribution in [0.4, 0.5) is 5.95 Å². The Labute approximate surface area is 177 Å². The summed E-state index contributed by atoms with van der Waals surface area (Å²) in [5.41, 5.74) is 5.05. The molecule has 2 aromatic heterocycles. The minimum Gasteiger partial charge on any atom is -0.463 e. The number of H-pyrrole nitrogens is 1. The van der Waals surface area contributed by atoms with Crippen molar-refractivity contribution >= 4 is 51.0 Å². The van der Waals surface area contributed by atoms with Crippen molar-refractivity contribution in [1.29, 1.82) is 0 Å². The molecule has 162 valence electrons. The molecule has 1 aliphatic rings. The zero-order chi connectivity index (χ0) is 22.2. The fourth-order valence-corrected chi connectivity index (χ4v) is 3.65. The van der Waals surface area contributed by atoms with Gasteiger partial charge in [0.05, 0.1) is 0 Å². The first-order valence-electron chi connectivity index (χ1n) is 8.65. The Kier molecular flexibility index (Phi) is 6.07. The quantitative estimate of drug-likeness (QED) is 0.323. The van der Waals surface area contributed by atoms with E-state index in [2.05, 4.69) is 30.9 Å². The molecule has 3 rings (SSSR count). The fourth-order valence-electron chi connectivity index (χ4n) is 3.10. The van der Waals surface area contributed by atoms with E-state index in [1.54, 1.807) is 0 Å². The standard InChI is InChI=1S/C16H18BrN5O8/c1-5(23)27-4-8-10(28-6(2)24)11(29-7(3)25)14(30-8)22-12-9(19-15(22)17)13(26)21-16(18)20-12/h8,10-11,14H,4H2,1-3H3,(H3,18,20,21,26)/t8-,10-,11-,14-/m1/s1. The molecule has 2 aromatic rings. The first-order chi connectivity index (χ1) is 14.1. The second-order valence-corrected chi connectivity index (χ2v) is 7.10. The highest BCUT2D eigenvalue weighted by Crippen LogP contribution is 2.37. The molecule has 0 spiro atoms. The maximum Gasteiger partial charge on any atom is 0.303 e. The lowest BCUT2D eigenvalue weighted by Gasteiger charge is -2.24. The normalized spacial score (nSPS) is 23.3. The Balaban J connectivity index is 2.11. The molecule has 0 saturated carbocycles. The summed E-state index contributed by atoms with van der Waals surface area (Å²) in [5.74, 6) is -2.09. The summed E-state index contributed by atoms with van der Waals surface area (Å²) in [7, 11) is 0. The fraction of sp³-hybridized carbons (Fsp3) is 0.500. The van der Waals surface area contributed by atoms with Gasteiger partial charge in [-0.05, 0) is 15.9 Å². The smallest absolute Gasteiger partial charge is 0.303 e. The molecular formula is C16H18BrN5O8. The van der Waals surface area contributed by atoms with E-state index in [9.17, 15) is 19.2 Å². The summed E-state index contributed by atoms with van der Waals surface area (Å²) >= 11 is 3.23. The minimum atomic E-state index is -1.16. The van der Waals surface area contributed by atoms with E-state index < -0.39 is 48.0 Å². The molecule has 0 unspecified atom stereocenters. The molecule has 0 aliphatic carbocycles. The summed E-state index contributed by atoms with van der Waals surface area (Å²) in [5, 5.41) is 0. The third kappa shape index (κ3) is 4.28. The summed E-state index contributed by atoms with van der Waals surface area (Å²) in [6.45, 7) is 3.27. The van der Waals surface area contributed by atoms with E-state index >= 15 is 0 Å². The maximum atomic E-state index is 12.2. The van der Waals surface area contributed by atoms with Gasteiger partial charge in [0.15, 0.2) is 34.3 Å². The van der Waals surface area contributed by atoms with E-state index in [1.165, 1.54) is 25.3 Å². The molecule has 0 bridgehead atoms. The van der Waals surface area contributed by atoms with Crippen LogP contribution in [0.15, 0.2) is 9.53 Å². The lowest BCUT2D eigenvalue weighted by molar-refractivity contribution is -0.166. The molecule has 1 aliphatic heterocycles. The number of carbonyl (C=O) groups excluding carboxylic acids is 3. The minimum absolute atomic E-state index is 0.0417. The summed E-state index contributed by atoms with van der Waals surface area (Å²) < 4.78 is 23.0. The number of nitrogens with one attached hydrogen (secondary N) is 1. The number of fused-ring (bicyclic) bond motifs is 1. The van der Waals surface area contributed by atoms with E-state index in [0.29, 0.717) is 0 Å². The number of nitrogens with two attached hydrogens (primary N) is 1. The number of nitrogen functional groups attached to an aromatic ring is 1. The number of carbonyl (C=O) groups is 3. The topological polar surface area (TPSA) is 178 Å². The summed E-state index contributed by atoms with van der Waals surface area (Å²) in [6, 6.07) is 0. The van der Waals surface area contributed by atoms with Crippen LogP contribution in [0, 0.1) is 0 Å². The molecular weight excluding hydrogens is 470 g/mol. The number of imidazole rings is 1. The molecule has 14 heteroatoms. The van der Waals surface area contributed by atoms with Crippen molar-refractivity contribution in [3.63, 3.8) is 0 Å². The second-order valence-electron chi connectivity index (χ2n) is 6.39. The molecule has 0 radical (unpaired) electrons. The molecule has 0 aromatic carbocycles. The van der Waals surface area contributed by atoms with Gasteiger partial charge in [-0.2, -0.15) is 4.98 Å². The van der Waals surface area contributed by atoms with Gasteiger partial charge >= 0.3 is 17.9 Å². The van der Waals surface area contributed by atoms with Crippen molar-refractivity contribution in [3.8, 4) is 0 Å². The number of nitrogens with zero attached hydrogens (tertiary/aromatic N) is 3.